The van der Waals surface area contributed by atoms with E-state index in [0.29, 0.717) is 0 Å². The maximum atomic E-state index is 4.66. The number of nitrogens with one attached hydrogen (secondary N) is 1. The Morgan fingerprint density at radius 3 is 2.38 bits per heavy atom. The highest BCUT2D eigenvalue weighted by Crippen LogP contribution is 2.21. The van der Waals surface area contributed by atoms with Gasteiger partial charge in [-0.05, 0) is 46.1 Å². The van der Waals surface area contributed by atoms with Crippen LogP contribution in [-0.4, -0.2) is 68.2 Å². The number of nitrogens with zero attached hydrogens (tertiary/aromatic N) is 5. The Morgan fingerprint density at radius 2 is 1.69 bits per heavy atom. The summed E-state index contributed by atoms with van der Waals surface area (Å²) in [5.74, 6) is 2.78. The summed E-state index contributed by atoms with van der Waals surface area (Å²) in [5.41, 5.74) is 1.30. The maximum absolute atomic E-state index is 4.66. The van der Waals surface area contributed by atoms with Crippen molar-refractivity contribution in [1.82, 2.24) is 14.9 Å². The molecule has 0 amide bonds. The van der Waals surface area contributed by atoms with Gasteiger partial charge in [0.15, 0.2) is 0 Å². The Kier molecular flexibility index (Phi) is 6.28. The number of hydrogen-bond acceptors (Lipinski definition) is 6. The van der Waals surface area contributed by atoms with Gasteiger partial charge in [0, 0.05) is 44.5 Å². The molecule has 0 saturated carbocycles. The van der Waals surface area contributed by atoms with Crippen molar-refractivity contribution >= 4 is 17.3 Å². The normalized spacial score (nSPS) is 14.8. The third kappa shape index (κ3) is 5.08. The van der Waals surface area contributed by atoms with E-state index in [1.54, 1.807) is 0 Å². The number of aryl methyl sites for hydroxylation is 1. The van der Waals surface area contributed by atoms with E-state index in [-0.39, 0.29) is 0 Å². The van der Waals surface area contributed by atoms with Crippen LogP contribution in [0.4, 0.5) is 17.3 Å². The van der Waals surface area contributed by atoms with Gasteiger partial charge >= 0.3 is 0 Å². The van der Waals surface area contributed by atoms with Gasteiger partial charge < -0.3 is 20.0 Å². The first-order chi connectivity index (χ1) is 12.6. The predicted molar refractivity (Wildman–Crippen MR) is 109 cm³/mol. The molecular weight excluding hydrogens is 324 g/mol. The zero-order valence-corrected chi connectivity index (χ0v) is 16.1. The Balaban J connectivity index is 1.57. The summed E-state index contributed by atoms with van der Waals surface area (Å²) in [7, 11) is 4.20. The monoisotopic (exact) mass is 354 g/mol. The largest absolute Gasteiger partial charge is 0.370 e. The summed E-state index contributed by atoms with van der Waals surface area (Å²) in [6, 6.07) is 12.7. The molecule has 1 saturated heterocycles. The van der Waals surface area contributed by atoms with Crippen molar-refractivity contribution in [3.05, 3.63) is 42.2 Å². The first-order valence-electron chi connectivity index (χ1n) is 9.41. The van der Waals surface area contributed by atoms with Crippen molar-refractivity contribution in [3.63, 3.8) is 0 Å². The molecule has 1 aliphatic rings. The van der Waals surface area contributed by atoms with E-state index in [1.165, 1.54) is 5.69 Å². The molecule has 0 unspecified atom stereocenters. The van der Waals surface area contributed by atoms with Crippen LogP contribution in [0.3, 0.4) is 0 Å². The number of hydrogen-bond donors (Lipinski definition) is 1. The highest BCUT2D eigenvalue weighted by atomic mass is 15.3. The number of aromatic nitrogens is 2. The lowest BCUT2D eigenvalue weighted by Gasteiger charge is -2.36. The average molecular weight is 355 g/mol. The lowest BCUT2D eigenvalue weighted by molar-refractivity contribution is 0.405. The minimum absolute atomic E-state index is 0.822. The van der Waals surface area contributed by atoms with Crippen LogP contribution in [0.15, 0.2) is 36.4 Å². The fourth-order valence-corrected chi connectivity index (χ4v) is 3.25. The van der Waals surface area contributed by atoms with E-state index in [9.17, 15) is 0 Å². The number of benzene rings is 1. The van der Waals surface area contributed by atoms with Crippen molar-refractivity contribution in [3.8, 4) is 0 Å². The molecule has 26 heavy (non-hydrogen) atoms. The summed E-state index contributed by atoms with van der Waals surface area (Å²) < 4.78 is 0. The van der Waals surface area contributed by atoms with E-state index in [2.05, 4.69) is 80.5 Å². The zero-order valence-electron chi connectivity index (χ0n) is 16.1. The minimum Gasteiger partial charge on any atom is -0.370 e. The van der Waals surface area contributed by atoms with Crippen molar-refractivity contribution in [1.29, 1.82) is 0 Å². The van der Waals surface area contributed by atoms with Crippen LogP contribution >= 0.6 is 0 Å². The fourth-order valence-electron chi connectivity index (χ4n) is 3.25. The lowest BCUT2D eigenvalue weighted by atomic mass is 10.2. The molecular formula is C20H30N6. The second-order valence-electron chi connectivity index (χ2n) is 7.05. The Hall–Kier alpha value is -2.34. The second-order valence-corrected chi connectivity index (χ2v) is 7.05. The molecule has 6 nitrogen and oxygen atoms in total. The van der Waals surface area contributed by atoms with Gasteiger partial charge in [0.25, 0.3) is 0 Å². The van der Waals surface area contributed by atoms with E-state index in [4.69, 9.17) is 0 Å². The minimum atomic E-state index is 0.822. The maximum Gasteiger partial charge on any atom is 0.134 e. The van der Waals surface area contributed by atoms with Gasteiger partial charge in [-0.2, -0.15) is 0 Å². The standard InChI is InChI=1S/C20H30N6/c1-17-22-19(21-10-7-11-24(2)3)16-20(23-17)26-14-12-25(13-15-26)18-8-5-4-6-9-18/h4-6,8-9,16H,7,10-15H2,1-3H3,(H,21,22,23). The van der Waals surface area contributed by atoms with Crippen molar-refractivity contribution < 1.29 is 0 Å². The summed E-state index contributed by atoms with van der Waals surface area (Å²) in [5, 5.41) is 3.44. The molecule has 0 bridgehead atoms. The predicted octanol–water partition coefficient (Wildman–Crippen LogP) is 2.48. The van der Waals surface area contributed by atoms with Gasteiger partial charge in [-0.15, -0.1) is 0 Å². The van der Waals surface area contributed by atoms with Crippen LogP contribution in [0.5, 0.6) is 0 Å². The number of para-hydroxylation sites is 1. The molecule has 2 aromatic rings. The van der Waals surface area contributed by atoms with E-state index >= 15 is 0 Å². The van der Waals surface area contributed by atoms with Crippen LogP contribution < -0.4 is 15.1 Å². The van der Waals surface area contributed by atoms with Gasteiger partial charge in [-0.3, -0.25) is 0 Å². The van der Waals surface area contributed by atoms with Crippen LogP contribution in [0.1, 0.15) is 12.2 Å². The lowest BCUT2D eigenvalue weighted by Crippen LogP contribution is -2.46. The third-order valence-corrected chi connectivity index (χ3v) is 4.64. The Morgan fingerprint density at radius 1 is 1.00 bits per heavy atom. The van der Waals surface area contributed by atoms with Crippen molar-refractivity contribution in [2.24, 2.45) is 0 Å². The molecule has 140 valence electrons. The fraction of sp³-hybridized carbons (Fsp3) is 0.500. The molecule has 0 aliphatic carbocycles. The van der Waals surface area contributed by atoms with Crippen LogP contribution in [0.25, 0.3) is 0 Å². The molecule has 3 rings (SSSR count). The highest BCUT2D eigenvalue weighted by Gasteiger charge is 2.19. The Labute approximate surface area is 156 Å². The zero-order chi connectivity index (χ0) is 18.4. The van der Waals surface area contributed by atoms with Gasteiger partial charge in [-0.1, -0.05) is 18.2 Å². The molecule has 0 radical (unpaired) electrons. The number of piperazine rings is 1. The second kappa shape index (κ2) is 8.85. The first-order valence-corrected chi connectivity index (χ1v) is 9.41. The van der Waals surface area contributed by atoms with E-state index in [0.717, 1.165) is 63.1 Å². The number of rotatable bonds is 7. The molecule has 0 spiro atoms. The van der Waals surface area contributed by atoms with Crippen LogP contribution in [0.2, 0.25) is 0 Å². The summed E-state index contributed by atoms with van der Waals surface area (Å²) in [6.45, 7) is 7.95. The topological polar surface area (TPSA) is 47.5 Å². The van der Waals surface area contributed by atoms with Gasteiger partial charge in [-0.25, -0.2) is 9.97 Å². The Bertz CT molecular complexity index is 680. The molecule has 6 heteroatoms. The van der Waals surface area contributed by atoms with Crippen LogP contribution in [0, 0.1) is 6.92 Å². The summed E-state index contributed by atoms with van der Waals surface area (Å²) in [4.78, 5) is 16.2. The van der Waals surface area contributed by atoms with E-state index in [1.807, 2.05) is 6.92 Å². The summed E-state index contributed by atoms with van der Waals surface area (Å²) >= 11 is 0. The number of anilines is 3. The molecule has 1 aromatic carbocycles. The smallest absolute Gasteiger partial charge is 0.134 e. The first kappa shape index (κ1) is 18.5. The molecule has 1 aromatic heterocycles. The molecule has 1 fully saturated rings. The molecule has 1 aliphatic heterocycles. The van der Waals surface area contributed by atoms with E-state index < -0.39 is 0 Å². The third-order valence-electron chi connectivity index (χ3n) is 4.64. The molecule has 1 N–H and O–H groups in total. The molecule has 0 atom stereocenters. The van der Waals surface area contributed by atoms with Crippen molar-refractivity contribution in [2.75, 3.05) is 68.5 Å². The van der Waals surface area contributed by atoms with Crippen molar-refractivity contribution in [2.45, 2.75) is 13.3 Å². The van der Waals surface area contributed by atoms with Gasteiger partial charge in [0.1, 0.15) is 17.5 Å². The highest BCUT2D eigenvalue weighted by molar-refractivity contribution is 5.52. The quantitative estimate of drug-likeness (QED) is 0.771. The average Bonchev–Trinajstić information content (AvgIpc) is 2.65. The van der Waals surface area contributed by atoms with Crippen LogP contribution in [-0.2, 0) is 0 Å². The van der Waals surface area contributed by atoms with Gasteiger partial charge in [0.05, 0.1) is 0 Å². The summed E-state index contributed by atoms with van der Waals surface area (Å²) in [6.07, 6.45) is 1.10. The SMILES string of the molecule is Cc1nc(NCCCN(C)C)cc(N2CCN(c3ccccc3)CC2)n1. The van der Waals surface area contributed by atoms with Gasteiger partial charge in [0.2, 0.25) is 0 Å². The molecule has 2 heterocycles.